The zero-order valence-corrected chi connectivity index (χ0v) is 16.1. The third-order valence-electron chi connectivity index (χ3n) is 5.72. The molecule has 1 aromatic rings. The molecule has 1 amide bonds. The van der Waals surface area contributed by atoms with Crippen LogP contribution in [0.5, 0.6) is 0 Å². The molecule has 2 unspecified atom stereocenters. The first-order valence-electron chi connectivity index (χ1n) is 9.92. The van der Waals surface area contributed by atoms with Gasteiger partial charge in [0.25, 0.3) is 0 Å². The van der Waals surface area contributed by atoms with E-state index < -0.39 is 0 Å². The lowest BCUT2D eigenvalue weighted by Gasteiger charge is -2.26. The highest BCUT2D eigenvalue weighted by Gasteiger charge is 2.41. The third kappa shape index (κ3) is 3.44. The van der Waals surface area contributed by atoms with Gasteiger partial charge in [-0.05, 0) is 37.0 Å². The molecule has 1 aliphatic carbocycles. The van der Waals surface area contributed by atoms with E-state index in [1.807, 2.05) is 6.20 Å². The van der Waals surface area contributed by atoms with Crippen molar-refractivity contribution >= 4 is 12.3 Å². The van der Waals surface area contributed by atoms with Crippen LogP contribution in [0.1, 0.15) is 63.6 Å². The molecule has 2 N–H and O–H groups in total. The number of aliphatic imine (C=N–C) groups is 1. The second-order valence-corrected chi connectivity index (χ2v) is 8.07. The van der Waals surface area contributed by atoms with Gasteiger partial charge in [0.1, 0.15) is 18.1 Å². The van der Waals surface area contributed by atoms with E-state index >= 15 is 0 Å². The van der Waals surface area contributed by atoms with E-state index in [2.05, 4.69) is 57.2 Å². The SMILES string of the molecule is CC[C@@H]1C[C@H](OC(=O)NCC(C)C)C[C@@H]1c1nnc2n1C1C=CNC1N=C2. The lowest BCUT2D eigenvalue weighted by atomic mass is 9.92. The predicted octanol–water partition coefficient (Wildman–Crippen LogP) is 2.35. The molecule has 8 heteroatoms. The zero-order valence-electron chi connectivity index (χ0n) is 16.1. The summed E-state index contributed by atoms with van der Waals surface area (Å²) >= 11 is 0. The number of carbonyl (C=O) groups is 1. The quantitative estimate of drug-likeness (QED) is 0.827. The lowest BCUT2D eigenvalue weighted by Crippen LogP contribution is -2.33. The van der Waals surface area contributed by atoms with E-state index in [1.165, 1.54) is 0 Å². The van der Waals surface area contributed by atoms with E-state index in [4.69, 9.17) is 4.74 Å². The number of ether oxygens (including phenoxy) is 1. The molecule has 4 rings (SSSR count). The summed E-state index contributed by atoms with van der Waals surface area (Å²) in [5.41, 5.74) is 0. The van der Waals surface area contributed by atoms with Gasteiger partial charge in [0, 0.05) is 12.5 Å². The Morgan fingerprint density at radius 3 is 3.04 bits per heavy atom. The molecule has 0 radical (unpaired) electrons. The van der Waals surface area contributed by atoms with Crippen molar-refractivity contribution in [2.75, 3.05) is 6.54 Å². The number of carbonyl (C=O) groups excluding carboxylic acids is 1. The van der Waals surface area contributed by atoms with Crippen molar-refractivity contribution in [3.63, 3.8) is 0 Å². The fourth-order valence-corrected chi connectivity index (χ4v) is 4.34. The van der Waals surface area contributed by atoms with E-state index in [1.54, 1.807) is 6.21 Å². The van der Waals surface area contributed by atoms with Crippen molar-refractivity contribution in [2.45, 2.75) is 64.3 Å². The first-order chi connectivity index (χ1) is 13.1. The molecule has 1 saturated carbocycles. The molecule has 0 aromatic carbocycles. The summed E-state index contributed by atoms with van der Waals surface area (Å²) in [6.45, 7) is 6.95. The Kier molecular flexibility index (Phi) is 4.88. The first kappa shape index (κ1) is 18.0. The standard InChI is InChI=1S/C19H28N6O2/c1-4-12-7-13(27-19(26)22-9-11(2)3)8-14(12)18-24-23-16-10-21-17-15(25(16)18)5-6-20-17/h5-6,10-15,17,20H,4,7-9H2,1-3H3,(H,22,26)/t12-,13+,14+,15?,17?/m1/s1. The van der Waals surface area contributed by atoms with Crippen molar-refractivity contribution in [1.82, 2.24) is 25.4 Å². The molecule has 0 spiro atoms. The summed E-state index contributed by atoms with van der Waals surface area (Å²) in [4.78, 5) is 16.6. The van der Waals surface area contributed by atoms with Gasteiger partial charge in [0.2, 0.25) is 0 Å². The Labute approximate surface area is 159 Å². The Hall–Kier alpha value is -2.38. The van der Waals surface area contributed by atoms with Crippen LogP contribution in [0.2, 0.25) is 0 Å². The van der Waals surface area contributed by atoms with Crippen molar-refractivity contribution < 1.29 is 9.53 Å². The maximum atomic E-state index is 12.1. The van der Waals surface area contributed by atoms with Gasteiger partial charge in [0.15, 0.2) is 5.82 Å². The molecule has 1 fully saturated rings. The van der Waals surface area contributed by atoms with Crippen LogP contribution in [0.3, 0.4) is 0 Å². The topological polar surface area (TPSA) is 93.4 Å². The maximum absolute atomic E-state index is 12.1. The van der Waals surface area contributed by atoms with Crippen LogP contribution >= 0.6 is 0 Å². The van der Waals surface area contributed by atoms with Crippen molar-refractivity contribution in [3.05, 3.63) is 23.9 Å². The molecular formula is C19H28N6O2. The molecule has 3 aliphatic rings. The summed E-state index contributed by atoms with van der Waals surface area (Å²) in [6, 6.07) is 0.113. The minimum absolute atomic E-state index is 0.0163. The molecule has 8 nitrogen and oxygen atoms in total. The minimum Gasteiger partial charge on any atom is -0.446 e. The normalized spacial score (nSPS) is 30.9. The van der Waals surface area contributed by atoms with Gasteiger partial charge in [-0.1, -0.05) is 27.2 Å². The van der Waals surface area contributed by atoms with Crippen LogP contribution in [-0.4, -0.2) is 45.9 Å². The minimum atomic E-state index is -0.317. The van der Waals surface area contributed by atoms with Gasteiger partial charge in [-0.25, -0.2) is 4.79 Å². The number of nitrogens with one attached hydrogen (secondary N) is 2. The van der Waals surface area contributed by atoms with E-state index in [-0.39, 0.29) is 30.3 Å². The number of fused-ring (bicyclic) bond motifs is 3. The summed E-state index contributed by atoms with van der Waals surface area (Å²) < 4.78 is 7.89. The number of rotatable bonds is 5. The second kappa shape index (κ2) is 7.32. The second-order valence-electron chi connectivity index (χ2n) is 8.07. The van der Waals surface area contributed by atoms with Crippen molar-refractivity contribution in [1.29, 1.82) is 0 Å². The van der Waals surface area contributed by atoms with Gasteiger partial charge < -0.3 is 15.4 Å². The Morgan fingerprint density at radius 1 is 1.41 bits per heavy atom. The number of hydrogen-bond acceptors (Lipinski definition) is 6. The highest BCUT2D eigenvalue weighted by molar-refractivity contribution is 5.76. The average molecular weight is 372 g/mol. The van der Waals surface area contributed by atoms with Crippen LogP contribution in [0.4, 0.5) is 4.79 Å². The number of hydrogen-bond donors (Lipinski definition) is 2. The third-order valence-corrected chi connectivity index (χ3v) is 5.72. The molecule has 3 heterocycles. The molecule has 5 atom stereocenters. The fraction of sp³-hybridized carbons (Fsp3) is 0.684. The summed E-state index contributed by atoms with van der Waals surface area (Å²) in [5.74, 6) is 2.85. The van der Waals surface area contributed by atoms with Gasteiger partial charge in [0.05, 0.1) is 12.3 Å². The average Bonchev–Trinajstić information content (AvgIpc) is 3.35. The molecule has 0 bridgehead atoms. The highest BCUT2D eigenvalue weighted by atomic mass is 16.6. The van der Waals surface area contributed by atoms with Crippen LogP contribution in [-0.2, 0) is 4.74 Å². The smallest absolute Gasteiger partial charge is 0.407 e. The molecule has 1 aromatic heterocycles. The van der Waals surface area contributed by atoms with Gasteiger partial charge in [-0.15, -0.1) is 10.2 Å². The molecule has 2 aliphatic heterocycles. The monoisotopic (exact) mass is 372 g/mol. The van der Waals surface area contributed by atoms with Gasteiger partial charge >= 0.3 is 6.09 Å². The predicted molar refractivity (Wildman–Crippen MR) is 102 cm³/mol. The van der Waals surface area contributed by atoms with Crippen LogP contribution < -0.4 is 10.6 Å². The number of amides is 1. The molecular weight excluding hydrogens is 344 g/mol. The number of nitrogens with zero attached hydrogens (tertiary/aromatic N) is 4. The highest BCUT2D eigenvalue weighted by Crippen LogP contribution is 2.43. The number of aromatic nitrogens is 3. The van der Waals surface area contributed by atoms with Crippen LogP contribution in [0.15, 0.2) is 17.3 Å². The maximum Gasteiger partial charge on any atom is 0.407 e. The van der Waals surface area contributed by atoms with Gasteiger partial charge in [-0.2, -0.15) is 0 Å². The lowest BCUT2D eigenvalue weighted by molar-refractivity contribution is 0.0973. The van der Waals surface area contributed by atoms with E-state index in [0.29, 0.717) is 18.4 Å². The van der Waals surface area contributed by atoms with E-state index in [0.717, 1.165) is 30.9 Å². The summed E-state index contributed by atoms with van der Waals surface area (Å²) in [5, 5.41) is 15.0. The Morgan fingerprint density at radius 2 is 2.26 bits per heavy atom. The Balaban J connectivity index is 1.50. The molecule has 146 valence electrons. The molecule has 0 saturated heterocycles. The van der Waals surface area contributed by atoms with Crippen LogP contribution in [0.25, 0.3) is 0 Å². The molecule has 27 heavy (non-hydrogen) atoms. The van der Waals surface area contributed by atoms with Gasteiger partial charge in [-0.3, -0.25) is 9.56 Å². The van der Waals surface area contributed by atoms with Crippen molar-refractivity contribution in [3.8, 4) is 0 Å². The largest absolute Gasteiger partial charge is 0.446 e. The first-order valence-corrected chi connectivity index (χ1v) is 9.92. The van der Waals surface area contributed by atoms with Crippen molar-refractivity contribution in [2.24, 2.45) is 16.8 Å². The van der Waals surface area contributed by atoms with Crippen LogP contribution in [0, 0.1) is 11.8 Å². The number of alkyl carbamates (subject to hydrolysis) is 1. The zero-order chi connectivity index (χ0) is 19.0. The summed E-state index contributed by atoms with van der Waals surface area (Å²) in [7, 11) is 0. The Bertz CT molecular complexity index is 755. The fourth-order valence-electron chi connectivity index (χ4n) is 4.34. The van der Waals surface area contributed by atoms with E-state index in [9.17, 15) is 4.79 Å². The summed E-state index contributed by atoms with van der Waals surface area (Å²) in [6.07, 6.45) is 8.16.